The van der Waals surface area contributed by atoms with Crippen molar-refractivity contribution < 1.29 is 13.6 Å². The van der Waals surface area contributed by atoms with Crippen molar-refractivity contribution in [1.82, 2.24) is 15.5 Å². The summed E-state index contributed by atoms with van der Waals surface area (Å²) in [7, 11) is 0. The van der Waals surface area contributed by atoms with Crippen molar-refractivity contribution in [2.45, 2.75) is 18.4 Å². The van der Waals surface area contributed by atoms with Gasteiger partial charge in [-0.3, -0.25) is 15.2 Å². The molecule has 1 unspecified atom stereocenters. The van der Waals surface area contributed by atoms with E-state index in [-0.39, 0.29) is 0 Å². The molecule has 3 rings (SSSR count). The van der Waals surface area contributed by atoms with E-state index in [1.54, 1.807) is 24.4 Å². The Labute approximate surface area is 107 Å². The summed E-state index contributed by atoms with van der Waals surface area (Å²) < 4.78 is 26.0. The predicted molar refractivity (Wildman–Crippen MR) is 66.1 cm³/mol. The van der Waals surface area contributed by atoms with E-state index in [4.69, 9.17) is 0 Å². The Balaban J connectivity index is 1.72. The molecule has 1 atom stereocenters. The third-order valence-electron chi connectivity index (χ3n) is 3.13. The first-order chi connectivity index (χ1) is 9.03. The molecule has 1 aliphatic rings. The number of carbonyl (C=O) groups excluding carboxylic acids is 1. The number of hydrogen-bond acceptors (Lipinski definition) is 3. The van der Waals surface area contributed by atoms with Gasteiger partial charge in [0.15, 0.2) is 0 Å². The largest absolute Gasteiger partial charge is 0.325 e. The van der Waals surface area contributed by atoms with Gasteiger partial charge >= 0.3 is 0 Å². The third kappa shape index (κ3) is 2.41. The first kappa shape index (κ1) is 12.0. The molecule has 1 fully saturated rings. The lowest BCUT2D eigenvalue weighted by Gasteiger charge is -2.11. The minimum absolute atomic E-state index is 0.444. The maximum absolute atomic E-state index is 13.0. The van der Waals surface area contributed by atoms with Crippen molar-refractivity contribution >= 4 is 22.5 Å². The number of alkyl halides is 2. The van der Waals surface area contributed by atoms with E-state index in [1.807, 2.05) is 0 Å². The fourth-order valence-electron chi connectivity index (χ4n) is 2.15. The molecule has 3 N–H and O–H groups in total. The zero-order valence-corrected chi connectivity index (χ0v) is 9.91. The zero-order valence-electron chi connectivity index (χ0n) is 9.91. The van der Waals surface area contributed by atoms with Crippen LogP contribution in [0.4, 0.5) is 14.5 Å². The van der Waals surface area contributed by atoms with Crippen molar-refractivity contribution in [2.75, 3.05) is 11.9 Å². The number of nitrogens with zero attached hydrogens (tertiary/aromatic N) is 1. The molecule has 0 radical (unpaired) electrons. The molecule has 0 bridgehead atoms. The summed E-state index contributed by atoms with van der Waals surface area (Å²) in [6.07, 6.45) is 1.17. The normalized spacial score (nSPS) is 21.7. The van der Waals surface area contributed by atoms with Crippen LogP contribution in [0.15, 0.2) is 24.4 Å². The van der Waals surface area contributed by atoms with Gasteiger partial charge in [0, 0.05) is 17.5 Å². The van der Waals surface area contributed by atoms with Crippen LogP contribution in [0.2, 0.25) is 0 Å². The van der Waals surface area contributed by atoms with Crippen molar-refractivity contribution in [3.05, 3.63) is 24.4 Å². The fraction of sp³-hybridized carbons (Fsp3) is 0.333. The van der Waals surface area contributed by atoms with Crippen molar-refractivity contribution in [1.29, 1.82) is 0 Å². The van der Waals surface area contributed by atoms with Crippen LogP contribution >= 0.6 is 0 Å². The SMILES string of the molecule is O=C(Nc1ccc2[nH]ncc2c1)C1CC(F)(F)CN1. The Morgan fingerprint density at radius 3 is 3.05 bits per heavy atom. The maximum atomic E-state index is 13.0. The number of aromatic nitrogens is 2. The lowest BCUT2D eigenvalue weighted by Crippen LogP contribution is -2.35. The number of amides is 1. The highest BCUT2D eigenvalue weighted by Crippen LogP contribution is 2.26. The first-order valence-electron chi connectivity index (χ1n) is 5.89. The summed E-state index contributed by atoms with van der Waals surface area (Å²) in [5, 5.41) is 12.7. The van der Waals surface area contributed by atoms with Gasteiger partial charge in [0.05, 0.1) is 24.3 Å². The average molecular weight is 266 g/mol. The Morgan fingerprint density at radius 2 is 2.32 bits per heavy atom. The summed E-state index contributed by atoms with van der Waals surface area (Å²) in [5.41, 5.74) is 1.42. The van der Waals surface area contributed by atoms with Crippen LogP contribution in [-0.2, 0) is 4.79 Å². The minimum atomic E-state index is -2.81. The number of fused-ring (bicyclic) bond motifs is 1. The molecule has 19 heavy (non-hydrogen) atoms. The van der Waals surface area contributed by atoms with E-state index in [0.717, 1.165) is 10.9 Å². The second-order valence-corrected chi connectivity index (χ2v) is 4.65. The average Bonchev–Trinajstić information content (AvgIpc) is 2.94. The summed E-state index contributed by atoms with van der Waals surface area (Å²) in [5.74, 6) is -3.25. The summed E-state index contributed by atoms with van der Waals surface area (Å²) in [6.45, 7) is -0.453. The molecule has 1 saturated heterocycles. The van der Waals surface area contributed by atoms with Gasteiger partial charge in [0.2, 0.25) is 5.91 Å². The first-order valence-corrected chi connectivity index (χ1v) is 5.89. The molecule has 0 saturated carbocycles. The zero-order chi connectivity index (χ0) is 13.5. The summed E-state index contributed by atoms with van der Waals surface area (Å²) in [4.78, 5) is 11.8. The highest BCUT2D eigenvalue weighted by atomic mass is 19.3. The predicted octanol–water partition coefficient (Wildman–Crippen LogP) is 1.50. The molecule has 1 aromatic carbocycles. The number of carbonyl (C=O) groups is 1. The molecule has 1 amide bonds. The highest BCUT2D eigenvalue weighted by Gasteiger charge is 2.42. The van der Waals surface area contributed by atoms with E-state index in [1.165, 1.54) is 0 Å². The van der Waals surface area contributed by atoms with Crippen LogP contribution in [0, 0.1) is 0 Å². The van der Waals surface area contributed by atoms with Crippen molar-refractivity contribution in [3.63, 3.8) is 0 Å². The number of rotatable bonds is 2. The van der Waals surface area contributed by atoms with Crippen LogP contribution < -0.4 is 10.6 Å². The second-order valence-electron chi connectivity index (χ2n) is 4.65. The van der Waals surface area contributed by atoms with Gasteiger partial charge in [-0.1, -0.05) is 0 Å². The maximum Gasteiger partial charge on any atom is 0.262 e. The van der Waals surface area contributed by atoms with E-state index in [2.05, 4.69) is 20.8 Å². The lowest BCUT2D eigenvalue weighted by atomic mass is 10.1. The topological polar surface area (TPSA) is 69.8 Å². The monoisotopic (exact) mass is 266 g/mol. The van der Waals surface area contributed by atoms with E-state index < -0.39 is 30.8 Å². The van der Waals surface area contributed by atoms with Gasteiger partial charge in [0.25, 0.3) is 5.92 Å². The molecular weight excluding hydrogens is 254 g/mol. The Hall–Kier alpha value is -2.02. The highest BCUT2D eigenvalue weighted by molar-refractivity contribution is 5.97. The lowest BCUT2D eigenvalue weighted by molar-refractivity contribution is -0.118. The Morgan fingerprint density at radius 1 is 1.47 bits per heavy atom. The number of nitrogens with one attached hydrogen (secondary N) is 3. The van der Waals surface area contributed by atoms with Gasteiger partial charge in [-0.05, 0) is 18.2 Å². The second kappa shape index (κ2) is 4.27. The molecule has 0 spiro atoms. The quantitative estimate of drug-likeness (QED) is 0.771. The Kier molecular flexibility index (Phi) is 2.70. The van der Waals surface area contributed by atoms with Crippen LogP contribution in [-0.4, -0.2) is 34.6 Å². The molecule has 0 aliphatic carbocycles. The number of aromatic amines is 1. The van der Waals surface area contributed by atoms with Crippen molar-refractivity contribution in [3.8, 4) is 0 Å². The van der Waals surface area contributed by atoms with Crippen LogP contribution in [0.25, 0.3) is 10.9 Å². The standard InChI is InChI=1S/C12H12F2N4O/c13-12(14)4-10(15-6-12)11(19)17-8-1-2-9-7(3-8)5-16-18-9/h1-3,5,10,15H,4,6H2,(H,16,18)(H,17,19). The van der Waals surface area contributed by atoms with Gasteiger partial charge in [-0.25, -0.2) is 8.78 Å². The fourth-order valence-corrected chi connectivity index (χ4v) is 2.15. The molecule has 1 aromatic heterocycles. The smallest absolute Gasteiger partial charge is 0.262 e. The molecule has 7 heteroatoms. The molecule has 1 aliphatic heterocycles. The number of H-pyrrole nitrogens is 1. The van der Waals surface area contributed by atoms with Crippen molar-refractivity contribution in [2.24, 2.45) is 0 Å². The molecule has 100 valence electrons. The number of anilines is 1. The van der Waals surface area contributed by atoms with Crippen LogP contribution in [0.5, 0.6) is 0 Å². The van der Waals surface area contributed by atoms with Gasteiger partial charge < -0.3 is 5.32 Å². The molecule has 2 aromatic rings. The molecule has 5 nitrogen and oxygen atoms in total. The number of hydrogen-bond donors (Lipinski definition) is 3. The summed E-state index contributed by atoms with van der Waals surface area (Å²) in [6, 6.07) is 4.36. The minimum Gasteiger partial charge on any atom is -0.325 e. The van der Waals surface area contributed by atoms with E-state index in [0.29, 0.717) is 5.69 Å². The van der Waals surface area contributed by atoms with Crippen LogP contribution in [0.1, 0.15) is 6.42 Å². The number of benzene rings is 1. The van der Waals surface area contributed by atoms with Crippen LogP contribution in [0.3, 0.4) is 0 Å². The van der Waals surface area contributed by atoms with Gasteiger partial charge in [-0.15, -0.1) is 0 Å². The van der Waals surface area contributed by atoms with Gasteiger partial charge in [0.1, 0.15) is 0 Å². The number of halogens is 2. The van der Waals surface area contributed by atoms with Gasteiger partial charge in [-0.2, -0.15) is 5.10 Å². The third-order valence-corrected chi connectivity index (χ3v) is 3.13. The molecular formula is C12H12F2N4O. The Bertz CT molecular complexity index is 625. The van der Waals surface area contributed by atoms with E-state index >= 15 is 0 Å². The van der Waals surface area contributed by atoms with E-state index in [9.17, 15) is 13.6 Å². The summed E-state index contributed by atoms with van der Waals surface area (Å²) >= 11 is 0. The molecule has 2 heterocycles.